The van der Waals surface area contributed by atoms with E-state index in [0.717, 1.165) is 30.6 Å². The number of rotatable bonds is 13. The van der Waals surface area contributed by atoms with Gasteiger partial charge in [-0.3, -0.25) is 4.79 Å². The summed E-state index contributed by atoms with van der Waals surface area (Å²) in [5, 5.41) is 3.08. The topological polar surface area (TPSA) is 64.6 Å². The summed E-state index contributed by atoms with van der Waals surface area (Å²) >= 11 is 2.29. The standard InChI is InChI=1S/C31H36INO4/c1-36-29(35)31(22-25-17-11-7-12-18-25)30(32)23-26(19-20-27(30)37-31)28(34)33-21-13-5-3-2-4-8-14-24-15-9-6-10-16-24/h6-7,9-12,15-20H,2-5,8,13-14,21-23H2,1H3,(H,33,34)/t30?,31-/m1/s1. The SMILES string of the molecule is COC(=O)[C@@]1(Cc2ccccc2)OC2=CC=C(C(=O)NCCCCCCCCc3ccccc3)CC21I. The molecule has 1 N–H and O–H groups in total. The summed E-state index contributed by atoms with van der Waals surface area (Å²) in [5.74, 6) is 0.242. The first-order chi connectivity index (χ1) is 18.0. The van der Waals surface area contributed by atoms with E-state index < -0.39 is 15.0 Å². The van der Waals surface area contributed by atoms with Crippen molar-refractivity contribution in [1.82, 2.24) is 5.32 Å². The van der Waals surface area contributed by atoms with E-state index >= 15 is 0 Å². The Labute approximate surface area is 233 Å². The molecule has 1 heterocycles. The molecule has 0 aromatic heterocycles. The number of unbranched alkanes of at least 4 members (excludes halogenated alkanes) is 5. The van der Waals surface area contributed by atoms with Crippen LogP contribution in [0.1, 0.15) is 56.1 Å². The van der Waals surface area contributed by atoms with Crippen molar-refractivity contribution < 1.29 is 19.1 Å². The van der Waals surface area contributed by atoms with Crippen LogP contribution in [0.5, 0.6) is 0 Å². The monoisotopic (exact) mass is 613 g/mol. The number of halogens is 1. The highest BCUT2D eigenvalue weighted by atomic mass is 127. The molecule has 4 rings (SSSR count). The number of hydrogen-bond donors (Lipinski definition) is 1. The number of ether oxygens (including phenoxy) is 2. The molecule has 1 amide bonds. The average Bonchev–Trinajstić information content (AvgIpc) is 2.92. The van der Waals surface area contributed by atoms with Crippen LogP contribution in [0, 0.1) is 0 Å². The minimum absolute atomic E-state index is 0.0698. The van der Waals surface area contributed by atoms with Gasteiger partial charge < -0.3 is 14.8 Å². The Morgan fingerprint density at radius 3 is 2.19 bits per heavy atom. The van der Waals surface area contributed by atoms with Gasteiger partial charge in [0.05, 0.1) is 7.11 Å². The van der Waals surface area contributed by atoms with E-state index in [1.807, 2.05) is 42.5 Å². The quantitative estimate of drug-likeness (QED) is 0.125. The van der Waals surface area contributed by atoms with Crippen molar-refractivity contribution >= 4 is 34.5 Å². The number of amides is 1. The van der Waals surface area contributed by atoms with Gasteiger partial charge in [-0.2, -0.15) is 0 Å². The van der Waals surface area contributed by atoms with Crippen LogP contribution in [0.2, 0.25) is 0 Å². The zero-order valence-electron chi connectivity index (χ0n) is 21.5. The molecule has 1 fully saturated rings. The van der Waals surface area contributed by atoms with E-state index in [9.17, 15) is 9.59 Å². The molecule has 1 aliphatic heterocycles. The molecule has 2 aromatic carbocycles. The van der Waals surface area contributed by atoms with Gasteiger partial charge in [0.15, 0.2) is 0 Å². The van der Waals surface area contributed by atoms with Gasteiger partial charge in [0.25, 0.3) is 0 Å². The Hall–Kier alpha value is -2.61. The summed E-state index contributed by atoms with van der Waals surface area (Å²) in [6, 6.07) is 20.4. The molecule has 0 bridgehead atoms. The fraction of sp³-hybridized carbons (Fsp3) is 0.419. The number of allylic oxidation sites excluding steroid dienone is 2. The molecule has 1 aliphatic carbocycles. The largest absolute Gasteiger partial charge is 0.476 e. The maximum atomic E-state index is 13.0. The molecule has 37 heavy (non-hydrogen) atoms. The zero-order valence-corrected chi connectivity index (χ0v) is 23.7. The summed E-state index contributed by atoms with van der Waals surface area (Å²) in [6.07, 6.45) is 12.6. The second-order valence-electron chi connectivity index (χ2n) is 9.90. The summed E-state index contributed by atoms with van der Waals surface area (Å²) < 4.78 is 10.6. The van der Waals surface area contributed by atoms with Crippen molar-refractivity contribution in [2.75, 3.05) is 13.7 Å². The molecule has 2 aliphatic rings. The average molecular weight is 614 g/mol. The van der Waals surface area contributed by atoms with Gasteiger partial charge in [0.1, 0.15) is 9.18 Å². The first-order valence-corrected chi connectivity index (χ1v) is 14.3. The molecule has 2 aromatic rings. The molecule has 1 unspecified atom stereocenters. The molecular weight excluding hydrogens is 577 g/mol. The van der Waals surface area contributed by atoms with Crippen molar-refractivity contribution in [1.29, 1.82) is 0 Å². The molecular formula is C31H36INO4. The minimum Gasteiger partial charge on any atom is -0.476 e. The molecule has 5 nitrogen and oxygen atoms in total. The van der Waals surface area contributed by atoms with Crippen molar-refractivity contribution in [3.05, 3.63) is 95.3 Å². The van der Waals surface area contributed by atoms with Gasteiger partial charge >= 0.3 is 5.97 Å². The number of methoxy groups -OCH3 is 1. The Balaban J connectivity index is 1.21. The van der Waals surface area contributed by atoms with Crippen LogP contribution in [-0.2, 0) is 31.9 Å². The van der Waals surface area contributed by atoms with Crippen molar-refractivity contribution in [2.24, 2.45) is 0 Å². The van der Waals surface area contributed by atoms with E-state index in [1.165, 1.54) is 38.4 Å². The lowest BCUT2D eigenvalue weighted by atomic mass is 9.70. The maximum Gasteiger partial charge on any atom is 0.352 e. The molecule has 6 heteroatoms. The van der Waals surface area contributed by atoms with E-state index in [2.05, 4.69) is 58.2 Å². The Morgan fingerprint density at radius 1 is 0.892 bits per heavy atom. The van der Waals surface area contributed by atoms with Crippen molar-refractivity contribution in [2.45, 2.75) is 66.8 Å². The lowest BCUT2D eigenvalue weighted by molar-refractivity contribution is -0.187. The van der Waals surface area contributed by atoms with E-state index in [1.54, 1.807) is 0 Å². The molecule has 0 radical (unpaired) electrons. The summed E-state index contributed by atoms with van der Waals surface area (Å²) in [7, 11) is 1.38. The van der Waals surface area contributed by atoms with Gasteiger partial charge in [0, 0.05) is 25.0 Å². The zero-order chi connectivity index (χ0) is 26.1. The van der Waals surface area contributed by atoms with Crippen LogP contribution in [0.25, 0.3) is 0 Å². The summed E-state index contributed by atoms with van der Waals surface area (Å²) in [5.41, 5.74) is 1.91. The normalized spacial score (nSPS) is 22.0. The van der Waals surface area contributed by atoms with Gasteiger partial charge in [-0.15, -0.1) is 0 Å². The molecule has 196 valence electrons. The summed E-state index contributed by atoms with van der Waals surface area (Å²) in [4.78, 5) is 25.9. The number of hydrogen-bond acceptors (Lipinski definition) is 4. The van der Waals surface area contributed by atoms with Crippen LogP contribution in [0.15, 0.2) is 84.1 Å². The number of esters is 1. The Bertz CT molecular complexity index is 1130. The number of nitrogens with one attached hydrogen (secondary N) is 1. The van der Waals surface area contributed by atoms with Crippen LogP contribution in [0.4, 0.5) is 0 Å². The molecule has 2 atom stereocenters. The van der Waals surface area contributed by atoms with Crippen LogP contribution < -0.4 is 5.32 Å². The molecule has 1 saturated heterocycles. The van der Waals surface area contributed by atoms with E-state index in [0.29, 0.717) is 25.0 Å². The third-order valence-corrected chi connectivity index (χ3v) is 9.09. The van der Waals surface area contributed by atoms with E-state index in [4.69, 9.17) is 9.47 Å². The van der Waals surface area contributed by atoms with Crippen LogP contribution in [-0.4, -0.2) is 34.6 Å². The number of carbonyl (C=O) groups is 2. The third-order valence-electron chi connectivity index (χ3n) is 7.31. The Kier molecular flexibility index (Phi) is 9.46. The second kappa shape index (κ2) is 12.8. The molecule has 0 saturated carbocycles. The summed E-state index contributed by atoms with van der Waals surface area (Å²) in [6.45, 7) is 0.660. The number of aryl methyl sites for hydroxylation is 1. The smallest absolute Gasteiger partial charge is 0.352 e. The first-order valence-electron chi connectivity index (χ1n) is 13.2. The second-order valence-corrected chi connectivity index (χ2v) is 11.7. The maximum absolute atomic E-state index is 13.0. The first kappa shape index (κ1) is 27.4. The van der Waals surface area contributed by atoms with Gasteiger partial charge in [-0.25, -0.2) is 4.79 Å². The predicted molar refractivity (Wildman–Crippen MR) is 154 cm³/mol. The predicted octanol–water partition coefficient (Wildman–Crippen LogP) is 6.26. The lowest BCUT2D eigenvalue weighted by Crippen LogP contribution is -2.69. The molecule has 0 spiro atoms. The van der Waals surface area contributed by atoms with Crippen molar-refractivity contribution in [3.8, 4) is 0 Å². The van der Waals surface area contributed by atoms with Gasteiger partial charge in [-0.1, -0.05) is 115 Å². The Morgan fingerprint density at radius 2 is 1.51 bits per heavy atom. The van der Waals surface area contributed by atoms with Gasteiger partial charge in [0.2, 0.25) is 11.5 Å². The fourth-order valence-corrected chi connectivity index (χ4v) is 6.39. The van der Waals surface area contributed by atoms with Crippen LogP contribution >= 0.6 is 22.6 Å². The highest BCUT2D eigenvalue weighted by Crippen LogP contribution is 2.59. The van der Waals surface area contributed by atoms with Crippen molar-refractivity contribution in [3.63, 3.8) is 0 Å². The number of carbonyl (C=O) groups excluding carboxylic acids is 2. The van der Waals surface area contributed by atoms with Gasteiger partial charge in [-0.05, 0) is 36.5 Å². The third kappa shape index (κ3) is 6.28. The lowest BCUT2D eigenvalue weighted by Gasteiger charge is -2.56. The number of alkyl halides is 1. The number of benzene rings is 2. The fourth-order valence-electron chi connectivity index (χ4n) is 5.17. The highest BCUT2D eigenvalue weighted by Gasteiger charge is 2.70. The van der Waals surface area contributed by atoms with E-state index in [-0.39, 0.29) is 5.91 Å². The number of fused-ring (bicyclic) bond motifs is 1. The minimum atomic E-state index is -1.16. The highest BCUT2D eigenvalue weighted by molar-refractivity contribution is 14.1. The van der Waals surface area contributed by atoms with Crippen LogP contribution in [0.3, 0.4) is 0 Å².